The molecule has 0 atom stereocenters. The van der Waals surface area contributed by atoms with Crippen molar-refractivity contribution < 1.29 is 14.3 Å². The van der Waals surface area contributed by atoms with Crippen molar-refractivity contribution >= 4 is 45.4 Å². The van der Waals surface area contributed by atoms with E-state index >= 15 is 0 Å². The molecule has 0 aromatic heterocycles. The molecule has 6 heteroatoms. The zero-order valence-electron chi connectivity index (χ0n) is 14.1. The van der Waals surface area contributed by atoms with Crippen molar-refractivity contribution in [3.05, 3.63) is 71.1 Å². The lowest BCUT2D eigenvalue weighted by Crippen LogP contribution is -2.19. The van der Waals surface area contributed by atoms with Gasteiger partial charge in [0.1, 0.15) is 0 Å². The van der Waals surface area contributed by atoms with E-state index in [2.05, 4.69) is 16.4 Å². The Morgan fingerprint density at radius 3 is 2.74 bits per heavy atom. The number of rotatable bonds is 2. The smallest absolute Gasteiger partial charge is 0.264 e. The van der Waals surface area contributed by atoms with Crippen LogP contribution in [0, 0.1) is 0 Å². The third-order valence-electron chi connectivity index (χ3n) is 4.31. The molecule has 0 radical (unpaired) electrons. The van der Waals surface area contributed by atoms with Crippen LogP contribution in [-0.4, -0.2) is 17.9 Å². The van der Waals surface area contributed by atoms with Crippen LogP contribution in [0.5, 0.6) is 11.5 Å². The monoisotopic (exact) mass is 374 g/mol. The van der Waals surface area contributed by atoms with Crippen molar-refractivity contribution in [1.29, 1.82) is 0 Å². The first-order chi connectivity index (χ1) is 13.2. The van der Waals surface area contributed by atoms with Crippen LogP contribution in [0.15, 0.2) is 70.6 Å². The quantitative estimate of drug-likeness (QED) is 0.673. The SMILES string of the molecule is O=C1NC(=Nc2ccc3ccccc3c2)SC1=Cc1ccc2c(c1)OCO2. The molecule has 2 aliphatic heterocycles. The maximum absolute atomic E-state index is 12.3. The molecule has 0 saturated carbocycles. The highest BCUT2D eigenvalue weighted by atomic mass is 32.2. The molecule has 3 aromatic rings. The third kappa shape index (κ3) is 3.15. The van der Waals surface area contributed by atoms with Crippen molar-refractivity contribution in [1.82, 2.24) is 5.32 Å². The molecule has 1 fully saturated rings. The average Bonchev–Trinajstić information content (AvgIpc) is 3.28. The van der Waals surface area contributed by atoms with E-state index in [-0.39, 0.29) is 12.7 Å². The van der Waals surface area contributed by atoms with E-state index < -0.39 is 0 Å². The second kappa shape index (κ2) is 6.48. The lowest BCUT2D eigenvalue weighted by atomic mass is 10.1. The summed E-state index contributed by atoms with van der Waals surface area (Å²) in [5, 5.41) is 5.67. The van der Waals surface area contributed by atoms with Crippen molar-refractivity contribution in [2.45, 2.75) is 0 Å². The minimum Gasteiger partial charge on any atom is -0.454 e. The van der Waals surface area contributed by atoms with E-state index in [9.17, 15) is 4.79 Å². The van der Waals surface area contributed by atoms with Gasteiger partial charge in [0, 0.05) is 0 Å². The molecule has 2 heterocycles. The van der Waals surface area contributed by atoms with Gasteiger partial charge in [0.2, 0.25) is 6.79 Å². The zero-order valence-corrected chi connectivity index (χ0v) is 15.0. The van der Waals surface area contributed by atoms with E-state index in [0.717, 1.165) is 27.8 Å². The summed E-state index contributed by atoms with van der Waals surface area (Å²) in [7, 11) is 0. The normalized spacial score (nSPS) is 18.4. The van der Waals surface area contributed by atoms with E-state index in [1.807, 2.05) is 60.7 Å². The molecule has 3 aromatic carbocycles. The number of hydrogen-bond donors (Lipinski definition) is 1. The first-order valence-corrected chi connectivity index (χ1v) is 9.24. The Kier molecular flexibility index (Phi) is 3.83. The molecule has 5 nitrogen and oxygen atoms in total. The van der Waals surface area contributed by atoms with Crippen LogP contribution in [-0.2, 0) is 4.79 Å². The third-order valence-corrected chi connectivity index (χ3v) is 5.22. The van der Waals surface area contributed by atoms with Gasteiger partial charge in [-0.25, -0.2) is 4.99 Å². The van der Waals surface area contributed by atoms with Crippen LogP contribution in [0.2, 0.25) is 0 Å². The number of amidine groups is 1. The van der Waals surface area contributed by atoms with E-state index in [4.69, 9.17) is 9.47 Å². The summed E-state index contributed by atoms with van der Waals surface area (Å²) in [5.41, 5.74) is 1.68. The number of nitrogens with one attached hydrogen (secondary N) is 1. The summed E-state index contributed by atoms with van der Waals surface area (Å²) in [6.07, 6.45) is 1.82. The highest BCUT2D eigenvalue weighted by Gasteiger charge is 2.24. The Bertz CT molecular complexity index is 1140. The predicted octanol–water partition coefficient (Wildman–Crippen LogP) is 4.46. The van der Waals surface area contributed by atoms with Gasteiger partial charge in [-0.05, 0) is 58.4 Å². The van der Waals surface area contributed by atoms with Gasteiger partial charge in [-0.1, -0.05) is 36.4 Å². The first kappa shape index (κ1) is 16.0. The Labute approximate surface area is 159 Å². The lowest BCUT2D eigenvalue weighted by Gasteiger charge is -2.00. The largest absolute Gasteiger partial charge is 0.454 e. The highest BCUT2D eigenvalue weighted by Crippen LogP contribution is 2.35. The van der Waals surface area contributed by atoms with Gasteiger partial charge in [0.05, 0.1) is 10.6 Å². The average molecular weight is 374 g/mol. The highest BCUT2D eigenvalue weighted by molar-refractivity contribution is 8.18. The van der Waals surface area contributed by atoms with Gasteiger partial charge >= 0.3 is 0 Å². The van der Waals surface area contributed by atoms with Crippen LogP contribution in [0.1, 0.15) is 5.56 Å². The minimum absolute atomic E-state index is 0.155. The van der Waals surface area contributed by atoms with Gasteiger partial charge in [0.25, 0.3) is 5.91 Å². The minimum atomic E-state index is -0.155. The van der Waals surface area contributed by atoms with Crippen LogP contribution in [0.4, 0.5) is 5.69 Å². The van der Waals surface area contributed by atoms with Crippen molar-refractivity contribution in [3.8, 4) is 11.5 Å². The molecule has 0 unspecified atom stereocenters. The number of carbonyl (C=O) groups excluding carboxylic acids is 1. The van der Waals surface area contributed by atoms with Crippen molar-refractivity contribution in [2.75, 3.05) is 6.79 Å². The Balaban J connectivity index is 1.41. The summed E-state index contributed by atoms with van der Waals surface area (Å²) in [4.78, 5) is 17.4. The standard InChI is InChI=1S/C21H14N2O3S/c24-20-19(10-13-5-8-17-18(9-13)26-12-25-17)27-21(23-20)22-16-7-6-14-3-1-2-4-15(14)11-16/h1-11H,12H2,(H,22,23,24). The number of fused-ring (bicyclic) bond motifs is 2. The molecular formula is C21H14N2O3S. The second-order valence-corrected chi connectivity index (χ2v) is 7.16. The summed E-state index contributed by atoms with van der Waals surface area (Å²) >= 11 is 1.33. The van der Waals surface area contributed by atoms with Crippen molar-refractivity contribution in [3.63, 3.8) is 0 Å². The van der Waals surface area contributed by atoms with Crippen LogP contribution in [0.3, 0.4) is 0 Å². The second-order valence-electron chi connectivity index (χ2n) is 6.13. The number of hydrogen-bond acceptors (Lipinski definition) is 5. The fraction of sp³-hybridized carbons (Fsp3) is 0.0476. The maximum atomic E-state index is 12.3. The molecule has 132 valence electrons. The van der Waals surface area contributed by atoms with Crippen molar-refractivity contribution in [2.24, 2.45) is 4.99 Å². The number of thioether (sulfide) groups is 1. The van der Waals surface area contributed by atoms with Gasteiger partial charge in [-0.15, -0.1) is 0 Å². The molecule has 1 saturated heterocycles. The molecule has 0 aliphatic carbocycles. The fourth-order valence-electron chi connectivity index (χ4n) is 3.00. The molecular weight excluding hydrogens is 360 g/mol. The molecule has 0 bridgehead atoms. The Morgan fingerprint density at radius 1 is 0.963 bits per heavy atom. The molecule has 27 heavy (non-hydrogen) atoms. The Hall–Kier alpha value is -3.25. The predicted molar refractivity (Wildman–Crippen MR) is 107 cm³/mol. The molecule has 0 spiro atoms. The number of carbonyl (C=O) groups is 1. The van der Waals surface area contributed by atoms with Gasteiger partial charge in [0.15, 0.2) is 16.7 Å². The van der Waals surface area contributed by atoms with Crippen LogP contribution >= 0.6 is 11.8 Å². The van der Waals surface area contributed by atoms with Crippen LogP contribution < -0.4 is 14.8 Å². The maximum Gasteiger partial charge on any atom is 0.264 e. The summed E-state index contributed by atoms with van der Waals surface area (Å²) < 4.78 is 10.7. The number of ether oxygens (including phenoxy) is 2. The summed E-state index contributed by atoms with van der Waals surface area (Å²) in [5.74, 6) is 1.26. The van der Waals surface area contributed by atoms with Crippen LogP contribution in [0.25, 0.3) is 16.8 Å². The Morgan fingerprint density at radius 2 is 1.81 bits per heavy atom. The zero-order chi connectivity index (χ0) is 18.2. The lowest BCUT2D eigenvalue weighted by molar-refractivity contribution is -0.115. The van der Waals surface area contributed by atoms with Gasteiger partial charge in [-0.2, -0.15) is 0 Å². The van der Waals surface area contributed by atoms with E-state index in [1.165, 1.54) is 11.8 Å². The first-order valence-electron chi connectivity index (χ1n) is 8.43. The number of nitrogens with zero attached hydrogens (tertiary/aromatic N) is 1. The summed E-state index contributed by atoms with van der Waals surface area (Å²) in [6.45, 7) is 0.229. The number of benzene rings is 3. The van der Waals surface area contributed by atoms with E-state index in [0.29, 0.717) is 15.8 Å². The van der Waals surface area contributed by atoms with Gasteiger partial charge in [-0.3, -0.25) is 4.79 Å². The van der Waals surface area contributed by atoms with E-state index in [1.54, 1.807) is 0 Å². The topological polar surface area (TPSA) is 59.9 Å². The number of aliphatic imine (C=N–C) groups is 1. The molecule has 5 rings (SSSR count). The summed E-state index contributed by atoms with van der Waals surface area (Å²) in [6, 6.07) is 19.7. The molecule has 2 aliphatic rings. The molecule has 1 N–H and O–H groups in total. The number of amides is 1. The fourth-order valence-corrected chi connectivity index (χ4v) is 3.84. The van der Waals surface area contributed by atoms with Gasteiger partial charge < -0.3 is 14.8 Å². The molecule has 1 amide bonds.